The van der Waals surface area contributed by atoms with Crippen LogP contribution in [0.25, 0.3) is 0 Å². The quantitative estimate of drug-likeness (QED) is 0.478. The van der Waals surface area contributed by atoms with Gasteiger partial charge in [-0.2, -0.15) is 5.01 Å². The lowest BCUT2D eigenvalue weighted by molar-refractivity contribution is -0.137. The average Bonchev–Trinajstić information content (AvgIpc) is 2.96. The summed E-state index contributed by atoms with van der Waals surface area (Å²) < 4.78 is 14.4. The van der Waals surface area contributed by atoms with Crippen molar-refractivity contribution < 1.29 is 23.9 Å². The third kappa shape index (κ3) is 4.29. The zero-order valence-electron chi connectivity index (χ0n) is 16.0. The van der Waals surface area contributed by atoms with Gasteiger partial charge in [-0.3, -0.25) is 4.79 Å². The van der Waals surface area contributed by atoms with Crippen LogP contribution in [-0.2, 0) is 11.2 Å². The van der Waals surface area contributed by atoms with Gasteiger partial charge in [0.1, 0.15) is 11.4 Å². The predicted octanol–water partition coefficient (Wildman–Crippen LogP) is 2.93. The first-order chi connectivity index (χ1) is 14.3. The van der Waals surface area contributed by atoms with E-state index in [1.54, 1.807) is 31.2 Å². The van der Waals surface area contributed by atoms with Gasteiger partial charge in [0.2, 0.25) is 0 Å². The molecule has 0 radical (unpaired) electrons. The van der Waals surface area contributed by atoms with Crippen LogP contribution < -0.4 is 16.1 Å². The fraction of sp³-hybridized carbons (Fsp3) is 0.250. The Morgan fingerprint density at radius 2 is 1.97 bits per heavy atom. The fourth-order valence-electron chi connectivity index (χ4n) is 3.25. The summed E-state index contributed by atoms with van der Waals surface area (Å²) in [5.41, 5.74) is 1.17. The van der Waals surface area contributed by atoms with Crippen LogP contribution >= 0.6 is 15.9 Å². The molecule has 0 bridgehead atoms. The molecule has 3 rings (SSSR count). The molecule has 1 heterocycles. The second kappa shape index (κ2) is 8.80. The van der Waals surface area contributed by atoms with Crippen LogP contribution in [0.4, 0.5) is 19.7 Å². The van der Waals surface area contributed by atoms with Crippen LogP contribution in [-0.4, -0.2) is 39.7 Å². The van der Waals surface area contributed by atoms with Crippen LogP contribution in [0.3, 0.4) is 0 Å². The highest BCUT2D eigenvalue weighted by Gasteiger charge is 2.55. The normalized spacial score (nSPS) is 19.4. The number of halogens is 2. The third-order valence-electron chi connectivity index (χ3n) is 4.91. The molecule has 158 valence electrons. The second-order valence-electron chi connectivity index (χ2n) is 6.79. The van der Waals surface area contributed by atoms with E-state index in [4.69, 9.17) is 0 Å². The molecule has 1 fully saturated rings. The van der Waals surface area contributed by atoms with E-state index >= 15 is 0 Å². The smallest absolute Gasteiger partial charge is 0.344 e. The minimum atomic E-state index is -1.59. The molecule has 2 aromatic carbocycles. The molecule has 4 N–H and O–H groups in total. The van der Waals surface area contributed by atoms with Crippen molar-refractivity contribution in [3.63, 3.8) is 0 Å². The van der Waals surface area contributed by atoms with E-state index in [9.17, 15) is 23.9 Å². The Kier molecular flexibility index (Phi) is 6.37. The van der Waals surface area contributed by atoms with Gasteiger partial charge >= 0.3 is 12.1 Å². The molecule has 1 aliphatic rings. The first-order valence-corrected chi connectivity index (χ1v) is 9.97. The van der Waals surface area contributed by atoms with Gasteiger partial charge in [-0.1, -0.05) is 53.2 Å². The number of aliphatic hydroxyl groups excluding tert-OH is 1. The lowest BCUT2D eigenvalue weighted by Gasteiger charge is -2.30. The van der Waals surface area contributed by atoms with E-state index in [-0.39, 0.29) is 18.5 Å². The van der Waals surface area contributed by atoms with Crippen LogP contribution in [0.1, 0.15) is 18.9 Å². The molecule has 0 aromatic heterocycles. The van der Waals surface area contributed by atoms with Crippen molar-refractivity contribution in [2.24, 2.45) is 0 Å². The van der Waals surface area contributed by atoms with E-state index in [2.05, 4.69) is 32.0 Å². The minimum absolute atomic E-state index is 0.104. The Labute approximate surface area is 180 Å². The first kappa shape index (κ1) is 21.7. The van der Waals surface area contributed by atoms with Gasteiger partial charge in [0, 0.05) is 10.9 Å². The molecule has 2 unspecified atom stereocenters. The average molecular weight is 479 g/mol. The van der Waals surface area contributed by atoms with Crippen LogP contribution in [0.5, 0.6) is 0 Å². The maximum Gasteiger partial charge on any atom is 0.344 e. The molecular formula is C20H20BrFN4O4. The first-order valence-electron chi connectivity index (χ1n) is 9.18. The zero-order valence-corrected chi connectivity index (χ0v) is 17.6. The number of anilines is 1. The molecule has 0 aliphatic carbocycles. The van der Waals surface area contributed by atoms with Gasteiger partial charge in [0.15, 0.2) is 0 Å². The van der Waals surface area contributed by atoms with E-state index in [1.807, 2.05) is 6.07 Å². The van der Waals surface area contributed by atoms with Gasteiger partial charge in [0.05, 0.1) is 11.8 Å². The molecule has 2 atom stereocenters. The molecule has 0 saturated carbocycles. The number of urea groups is 2. The number of carbonyl (C=O) groups excluding carboxylic acids is 3. The SMILES string of the molecule is CCC1(C(O)Cc2ccccc2)NC(=O)N(NC(=O)Nc2ccc(Br)cc2F)C1=O. The van der Waals surface area contributed by atoms with E-state index in [0.29, 0.717) is 9.48 Å². The summed E-state index contributed by atoms with van der Waals surface area (Å²) >= 11 is 3.11. The Hall–Kier alpha value is -2.98. The fourth-order valence-corrected chi connectivity index (χ4v) is 3.58. The summed E-state index contributed by atoms with van der Waals surface area (Å²) in [6.45, 7) is 1.65. The summed E-state index contributed by atoms with van der Waals surface area (Å²) in [4.78, 5) is 37.6. The lowest BCUT2D eigenvalue weighted by Crippen LogP contribution is -2.57. The van der Waals surface area contributed by atoms with E-state index in [0.717, 1.165) is 11.6 Å². The largest absolute Gasteiger partial charge is 0.390 e. The van der Waals surface area contributed by atoms with Crippen LogP contribution in [0.15, 0.2) is 53.0 Å². The van der Waals surface area contributed by atoms with Gasteiger partial charge in [-0.25, -0.2) is 19.4 Å². The standard InChI is InChI=1S/C20H20BrFN4O4/c1-2-20(16(27)10-12-6-4-3-5-7-12)17(28)26(19(30)24-20)25-18(29)23-15-9-8-13(21)11-14(15)22/h3-9,11,16,27H,2,10H2,1H3,(H,24,30)(H2,23,25,29). The Morgan fingerprint density at radius 3 is 2.60 bits per heavy atom. The molecule has 10 heteroatoms. The minimum Gasteiger partial charge on any atom is -0.390 e. The molecule has 1 saturated heterocycles. The van der Waals surface area contributed by atoms with Crippen molar-refractivity contribution in [1.29, 1.82) is 0 Å². The topological polar surface area (TPSA) is 111 Å². The lowest BCUT2D eigenvalue weighted by atomic mass is 9.85. The van der Waals surface area contributed by atoms with Crippen molar-refractivity contribution in [2.75, 3.05) is 5.32 Å². The number of nitrogens with zero attached hydrogens (tertiary/aromatic N) is 1. The van der Waals surface area contributed by atoms with Gasteiger partial charge < -0.3 is 15.7 Å². The van der Waals surface area contributed by atoms with Crippen molar-refractivity contribution in [1.82, 2.24) is 15.8 Å². The number of amides is 5. The third-order valence-corrected chi connectivity index (χ3v) is 5.40. The number of hydrazine groups is 1. The summed E-state index contributed by atoms with van der Waals surface area (Å²) in [6.07, 6.45) is -0.988. The number of aliphatic hydroxyl groups is 1. The van der Waals surface area contributed by atoms with E-state index < -0.39 is 35.4 Å². The van der Waals surface area contributed by atoms with Gasteiger partial charge in [-0.05, 0) is 30.2 Å². The number of benzene rings is 2. The van der Waals surface area contributed by atoms with Gasteiger partial charge in [-0.15, -0.1) is 0 Å². The number of rotatable bonds is 6. The van der Waals surface area contributed by atoms with E-state index in [1.165, 1.54) is 12.1 Å². The number of imide groups is 1. The molecule has 1 aliphatic heterocycles. The highest BCUT2D eigenvalue weighted by molar-refractivity contribution is 9.10. The Morgan fingerprint density at radius 1 is 1.27 bits per heavy atom. The highest BCUT2D eigenvalue weighted by Crippen LogP contribution is 2.27. The van der Waals surface area contributed by atoms with Crippen molar-refractivity contribution >= 4 is 39.6 Å². The second-order valence-corrected chi connectivity index (χ2v) is 7.71. The molecule has 2 aromatic rings. The molecule has 8 nitrogen and oxygen atoms in total. The summed E-state index contributed by atoms with van der Waals surface area (Å²) in [5.74, 6) is -1.50. The Balaban J connectivity index is 1.72. The Bertz CT molecular complexity index is 975. The number of hydrogen-bond donors (Lipinski definition) is 4. The summed E-state index contributed by atoms with van der Waals surface area (Å²) in [5, 5.41) is 16.0. The highest BCUT2D eigenvalue weighted by atomic mass is 79.9. The van der Waals surface area contributed by atoms with Gasteiger partial charge in [0.25, 0.3) is 5.91 Å². The van der Waals surface area contributed by atoms with Crippen LogP contribution in [0, 0.1) is 5.82 Å². The molecular weight excluding hydrogens is 459 g/mol. The van der Waals surface area contributed by atoms with Crippen molar-refractivity contribution in [3.8, 4) is 0 Å². The monoisotopic (exact) mass is 478 g/mol. The molecule has 30 heavy (non-hydrogen) atoms. The number of nitrogens with one attached hydrogen (secondary N) is 3. The molecule has 5 amide bonds. The van der Waals surface area contributed by atoms with Crippen molar-refractivity contribution in [3.05, 3.63) is 64.4 Å². The number of carbonyl (C=O) groups is 3. The maximum atomic E-state index is 13.9. The van der Waals surface area contributed by atoms with Crippen molar-refractivity contribution in [2.45, 2.75) is 31.4 Å². The molecule has 0 spiro atoms. The predicted molar refractivity (Wildman–Crippen MR) is 111 cm³/mol. The van der Waals surface area contributed by atoms with Crippen LogP contribution in [0.2, 0.25) is 0 Å². The summed E-state index contributed by atoms with van der Waals surface area (Å²) in [6, 6.07) is 11.2. The number of hydrogen-bond acceptors (Lipinski definition) is 4. The summed E-state index contributed by atoms with van der Waals surface area (Å²) in [7, 11) is 0. The maximum absolute atomic E-state index is 13.9. The zero-order chi connectivity index (χ0) is 21.9.